The molecule has 12 heavy (non-hydrogen) atoms. The van der Waals surface area contributed by atoms with Crippen LogP contribution in [0.2, 0.25) is 0 Å². The Bertz CT molecular complexity index is 216. The lowest BCUT2D eigenvalue weighted by Gasteiger charge is -2.20. The zero-order valence-corrected chi connectivity index (χ0v) is 6.17. The summed E-state index contributed by atoms with van der Waals surface area (Å²) in [6.07, 6.45) is -2.22. The van der Waals surface area contributed by atoms with Crippen molar-refractivity contribution in [2.24, 2.45) is 0 Å². The van der Waals surface area contributed by atoms with E-state index in [0.29, 0.717) is 4.90 Å². The first kappa shape index (κ1) is 8.79. The van der Waals surface area contributed by atoms with Crippen molar-refractivity contribution in [3.05, 3.63) is 0 Å². The topological polar surface area (TPSA) is 98.1 Å². The van der Waals surface area contributed by atoms with Gasteiger partial charge in [0, 0.05) is 0 Å². The van der Waals surface area contributed by atoms with Gasteiger partial charge in [-0.05, 0) is 12.8 Å². The second-order valence-corrected chi connectivity index (χ2v) is 2.60. The summed E-state index contributed by atoms with van der Waals surface area (Å²) in [7, 11) is 0. The molecule has 0 bridgehead atoms. The number of aliphatic hydroxyl groups is 1. The lowest BCUT2D eigenvalue weighted by molar-refractivity contribution is -0.143. The molecule has 1 aliphatic rings. The summed E-state index contributed by atoms with van der Waals surface area (Å²) in [5.41, 5.74) is 0. The fourth-order valence-electron chi connectivity index (χ4n) is 1.30. The van der Waals surface area contributed by atoms with Gasteiger partial charge in [0.15, 0.2) is 0 Å². The number of hydrogen-bond acceptors (Lipinski definition) is 3. The van der Waals surface area contributed by atoms with Gasteiger partial charge in [0.25, 0.3) is 0 Å². The molecule has 0 radical (unpaired) electrons. The minimum atomic E-state index is -1.40. The Balaban J connectivity index is 2.77. The Morgan fingerprint density at radius 1 is 1.25 bits per heavy atom. The average Bonchev–Trinajstić information content (AvgIpc) is 2.30. The predicted molar refractivity (Wildman–Crippen MR) is 36.5 cm³/mol. The zero-order chi connectivity index (χ0) is 9.30. The van der Waals surface area contributed by atoms with Crippen molar-refractivity contribution in [2.75, 3.05) is 0 Å². The van der Waals surface area contributed by atoms with Crippen LogP contribution in [0.4, 0.5) is 4.79 Å². The van der Waals surface area contributed by atoms with Gasteiger partial charge in [-0.1, -0.05) is 0 Å². The van der Waals surface area contributed by atoms with Crippen LogP contribution in [0.25, 0.3) is 0 Å². The smallest absolute Gasteiger partial charge is 0.410 e. The molecule has 0 aliphatic carbocycles. The molecular formula is C6H9NO5. The van der Waals surface area contributed by atoms with Gasteiger partial charge in [-0.2, -0.15) is 0 Å². The minimum Gasteiger partial charge on any atom is -0.480 e. The van der Waals surface area contributed by atoms with Gasteiger partial charge in [0.2, 0.25) is 0 Å². The van der Waals surface area contributed by atoms with Crippen LogP contribution in [0.15, 0.2) is 0 Å². The van der Waals surface area contributed by atoms with Crippen molar-refractivity contribution in [2.45, 2.75) is 25.1 Å². The van der Waals surface area contributed by atoms with Crippen molar-refractivity contribution in [1.82, 2.24) is 4.90 Å². The number of amides is 1. The van der Waals surface area contributed by atoms with Crippen molar-refractivity contribution < 1.29 is 24.9 Å². The van der Waals surface area contributed by atoms with Gasteiger partial charge in [0.1, 0.15) is 12.3 Å². The van der Waals surface area contributed by atoms with Crippen LogP contribution < -0.4 is 0 Å². The minimum absolute atomic E-state index is 0.169. The number of carboxylic acids is 1. The van der Waals surface area contributed by atoms with E-state index >= 15 is 0 Å². The van der Waals surface area contributed by atoms with Gasteiger partial charge in [-0.3, -0.25) is 4.90 Å². The number of likely N-dealkylation sites (tertiary alicyclic amines) is 1. The lowest BCUT2D eigenvalue weighted by atomic mass is 10.2. The highest BCUT2D eigenvalue weighted by atomic mass is 16.4. The summed E-state index contributed by atoms with van der Waals surface area (Å²) in [4.78, 5) is 21.4. The molecule has 6 heteroatoms. The molecule has 0 aromatic rings. The average molecular weight is 175 g/mol. The molecule has 2 atom stereocenters. The van der Waals surface area contributed by atoms with E-state index in [2.05, 4.69) is 0 Å². The van der Waals surface area contributed by atoms with Crippen LogP contribution >= 0.6 is 0 Å². The summed E-state index contributed by atoms with van der Waals surface area (Å²) >= 11 is 0. The molecule has 1 heterocycles. The van der Waals surface area contributed by atoms with Gasteiger partial charge in [-0.25, -0.2) is 9.59 Å². The molecule has 1 aliphatic heterocycles. The second-order valence-electron chi connectivity index (χ2n) is 2.60. The largest absolute Gasteiger partial charge is 0.480 e. The predicted octanol–water partition coefficient (Wildman–Crippen LogP) is -0.468. The molecule has 1 saturated heterocycles. The Morgan fingerprint density at radius 2 is 1.83 bits per heavy atom. The van der Waals surface area contributed by atoms with E-state index < -0.39 is 24.3 Å². The Labute approximate surface area is 68.0 Å². The Kier molecular flexibility index (Phi) is 2.18. The maximum absolute atomic E-state index is 10.4. The van der Waals surface area contributed by atoms with Crippen LogP contribution in [0, 0.1) is 0 Å². The number of nitrogens with zero attached hydrogens (tertiary/aromatic N) is 1. The fraction of sp³-hybridized carbons (Fsp3) is 0.667. The maximum Gasteiger partial charge on any atom is 0.410 e. The van der Waals surface area contributed by atoms with Crippen molar-refractivity contribution in [1.29, 1.82) is 0 Å². The quantitative estimate of drug-likeness (QED) is 0.500. The molecule has 68 valence electrons. The molecule has 1 rings (SSSR count). The highest BCUT2D eigenvalue weighted by molar-refractivity contribution is 5.80. The zero-order valence-electron chi connectivity index (χ0n) is 6.17. The van der Waals surface area contributed by atoms with Gasteiger partial charge < -0.3 is 15.3 Å². The standard InChI is InChI=1S/C6H9NO5/c8-4-2-1-3(5(9)10)7(4)6(11)12/h3-4,8H,1-2H2,(H,9,10)(H,11,12). The third-order valence-electron chi connectivity index (χ3n) is 1.86. The first-order valence-electron chi connectivity index (χ1n) is 3.46. The van der Waals surface area contributed by atoms with E-state index in [4.69, 9.17) is 15.3 Å². The highest BCUT2D eigenvalue weighted by Crippen LogP contribution is 2.22. The van der Waals surface area contributed by atoms with Crippen molar-refractivity contribution in [3.8, 4) is 0 Å². The maximum atomic E-state index is 10.4. The van der Waals surface area contributed by atoms with Crippen LogP contribution in [-0.4, -0.2) is 44.6 Å². The van der Waals surface area contributed by atoms with E-state index in [-0.39, 0.29) is 12.8 Å². The second kappa shape index (κ2) is 2.98. The summed E-state index contributed by atoms with van der Waals surface area (Å²) in [5.74, 6) is -1.21. The van der Waals surface area contributed by atoms with E-state index in [1.54, 1.807) is 0 Å². The molecule has 1 amide bonds. The van der Waals surface area contributed by atoms with Gasteiger partial charge in [-0.15, -0.1) is 0 Å². The molecule has 0 aromatic heterocycles. The number of carboxylic acid groups (broad SMARTS) is 2. The number of carbonyl (C=O) groups is 2. The summed E-state index contributed by atoms with van der Waals surface area (Å²) in [6, 6.07) is -1.10. The molecule has 1 fully saturated rings. The van der Waals surface area contributed by atoms with Crippen LogP contribution in [0.1, 0.15) is 12.8 Å². The molecule has 0 aromatic carbocycles. The van der Waals surface area contributed by atoms with E-state index in [1.807, 2.05) is 0 Å². The third kappa shape index (κ3) is 1.33. The van der Waals surface area contributed by atoms with Crippen molar-refractivity contribution in [3.63, 3.8) is 0 Å². The molecule has 3 N–H and O–H groups in total. The first-order chi connectivity index (χ1) is 5.54. The first-order valence-corrected chi connectivity index (χ1v) is 3.46. The van der Waals surface area contributed by atoms with Crippen LogP contribution in [-0.2, 0) is 4.79 Å². The number of aliphatic hydroxyl groups excluding tert-OH is 1. The lowest BCUT2D eigenvalue weighted by Crippen LogP contribution is -2.44. The molecular weight excluding hydrogens is 166 g/mol. The Hall–Kier alpha value is -1.30. The fourth-order valence-corrected chi connectivity index (χ4v) is 1.30. The van der Waals surface area contributed by atoms with E-state index in [0.717, 1.165) is 0 Å². The summed E-state index contributed by atoms with van der Waals surface area (Å²) in [5, 5.41) is 26.1. The van der Waals surface area contributed by atoms with E-state index in [1.165, 1.54) is 0 Å². The monoisotopic (exact) mass is 175 g/mol. The number of hydrogen-bond donors (Lipinski definition) is 3. The van der Waals surface area contributed by atoms with Crippen LogP contribution in [0.3, 0.4) is 0 Å². The molecule has 6 nitrogen and oxygen atoms in total. The summed E-state index contributed by atoms with van der Waals surface area (Å²) < 4.78 is 0. The number of rotatable bonds is 1. The molecule has 0 saturated carbocycles. The van der Waals surface area contributed by atoms with Crippen LogP contribution in [0.5, 0.6) is 0 Å². The summed E-state index contributed by atoms with van der Waals surface area (Å²) in [6.45, 7) is 0. The molecule has 2 unspecified atom stereocenters. The van der Waals surface area contributed by atoms with E-state index in [9.17, 15) is 9.59 Å². The Morgan fingerprint density at radius 3 is 2.17 bits per heavy atom. The SMILES string of the molecule is O=C(O)C1CCC(O)N1C(=O)O. The van der Waals surface area contributed by atoms with Crippen molar-refractivity contribution >= 4 is 12.1 Å². The van der Waals surface area contributed by atoms with Gasteiger partial charge >= 0.3 is 12.1 Å². The normalized spacial score (nSPS) is 28.9. The molecule has 0 spiro atoms. The van der Waals surface area contributed by atoms with Gasteiger partial charge in [0.05, 0.1) is 0 Å². The highest BCUT2D eigenvalue weighted by Gasteiger charge is 2.40. The number of aliphatic carboxylic acids is 1. The third-order valence-corrected chi connectivity index (χ3v) is 1.86.